The number of carbonyl (C=O) groups excluding carboxylic acids is 1. The zero-order valence-electron chi connectivity index (χ0n) is 8.77. The summed E-state index contributed by atoms with van der Waals surface area (Å²) in [6, 6.07) is 0. The molecule has 1 heterocycles. The van der Waals surface area contributed by atoms with Crippen LogP contribution in [0.4, 0.5) is 0 Å². The van der Waals surface area contributed by atoms with E-state index in [1.54, 1.807) is 0 Å². The lowest BCUT2D eigenvalue weighted by Crippen LogP contribution is -2.74. The number of hydrogen-bond acceptors (Lipinski definition) is 1. The van der Waals surface area contributed by atoms with E-state index in [1.807, 2.05) is 25.7 Å². The molecule has 0 aliphatic carbocycles. The minimum atomic E-state index is -0.155. The number of amides is 1. The third-order valence-electron chi connectivity index (χ3n) is 3.73. The van der Waals surface area contributed by atoms with E-state index < -0.39 is 0 Å². The summed E-state index contributed by atoms with van der Waals surface area (Å²) >= 11 is 0. The van der Waals surface area contributed by atoms with Crippen molar-refractivity contribution < 1.29 is 4.79 Å². The van der Waals surface area contributed by atoms with Gasteiger partial charge in [-0.25, -0.2) is 0 Å². The Bertz CT molecular complexity index is 210. The Morgan fingerprint density at radius 3 is 2.00 bits per heavy atom. The molecule has 1 amide bonds. The van der Waals surface area contributed by atoms with Crippen molar-refractivity contribution in [3.8, 4) is 0 Å². The van der Waals surface area contributed by atoms with Crippen LogP contribution in [0.15, 0.2) is 0 Å². The van der Waals surface area contributed by atoms with Crippen molar-refractivity contribution in [1.82, 2.24) is 4.90 Å². The van der Waals surface area contributed by atoms with Crippen LogP contribution < -0.4 is 0 Å². The van der Waals surface area contributed by atoms with E-state index in [-0.39, 0.29) is 11.0 Å². The maximum Gasteiger partial charge on any atom is 0.231 e. The van der Waals surface area contributed by atoms with Crippen LogP contribution in [-0.4, -0.2) is 22.9 Å². The molecule has 0 bridgehead atoms. The number of likely N-dealkylation sites (tertiary alicyclic amines) is 1. The Kier molecular flexibility index (Phi) is 1.97. The van der Waals surface area contributed by atoms with Gasteiger partial charge in [-0.05, 0) is 34.1 Å². The quantitative estimate of drug-likeness (QED) is 0.579. The molecule has 0 N–H and O–H groups in total. The van der Waals surface area contributed by atoms with Crippen LogP contribution >= 0.6 is 0 Å². The fourth-order valence-electron chi connectivity index (χ4n) is 2.20. The lowest BCUT2D eigenvalue weighted by molar-refractivity contribution is -0.185. The maximum absolute atomic E-state index is 11.6. The minimum absolute atomic E-state index is 0.0822. The fourth-order valence-corrected chi connectivity index (χ4v) is 2.20. The molecule has 0 aromatic carbocycles. The fraction of sp³-hybridized carbons (Fsp3) is 0.900. The van der Waals surface area contributed by atoms with Crippen molar-refractivity contribution in [3.63, 3.8) is 0 Å². The first kappa shape index (κ1) is 9.56. The average Bonchev–Trinajstić information content (AvgIpc) is 2.04. The van der Waals surface area contributed by atoms with Crippen LogP contribution in [0.25, 0.3) is 0 Å². The van der Waals surface area contributed by atoms with Crippen molar-refractivity contribution in [3.05, 3.63) is 0 Å². The zero-order valence-corrected chi connectivity index (χ0v) is 8.77. The van der Waals surface area contributed by atoms with Crippen LogP contribution in [0.2, 0.25) is 0 Å². The molecule has 1 rings (SSSR count). The van der Waals surface area contributed by atoms with Crippen LogP contribution in [0, 0.1) is 5.41 Å². The Balaban J connectivity index is 2.92. The summed E-state index contributed by atoms with van der Waals surface area (Å²) in [7, 11) is 0. The first-order valence-electron chi connectivity index (χ1n) is 4.74. The highest BCUT2D eigenvalue weighted by Crippen LogP contribution is 2.49. The topological polar surface area (TPSA) is 20.3 Å². The summed E-state index contributed by atoms with van der Waals surface area (Å²) in [5, 5.41) is 0. The molecule has 1 aliphatic rings. The van der Waals surface area contributed by atoms with Gasteiger partial charge < -0.3 is 4.90 Å². The van der Waals surface area contributed by atoms with Crippen molar-refractivity contribution in [2.75, 3.05) is 6.54 Å². The van der Waals surface area contributed by atoms with Gasteiger partial charge in [0.15, 0.2) is 0 Å². The molecule has 1 aliphatic heterocycles. The zero-order chi connectivity index (χ0) is 9.57. The first-order valence-corrected chi connectivity index (χ1v) is 4.74. The van der Waals surface area contributed by atoms with Crippen LogP contribution in [-0.2, 0) is 4.79 Å². The molecule has 1 saturated heterocycles. The molecule has 0 unspecified atom stereocenters. The summed E-state index contributed by atoms with van der Waals surface area (Å²) in [4.78, 5) is 13.6. The summed E-state index contributed by atoms with van der Waals surface area (Å²) in [5.41, 5.74) is -0.0728. The average molecular weight is 169 g/mol. The number of hydrogen-bond donors (Lipinski definition) is 0. The van der Waals surface area contributed by atoms with Crippen LogP contribution in [0.5, 0.6) is 0 Å². The predicted octanol–water partition coefficient (Wildman–Crippen LogP) is 2.04. The van der Waals surface area contributed by atoms with Gasteiger partial charge in [0.1, 0.15) is 0 Å². The van der Waals surface area contributed by atoms with Crippen molar-refractivity contribution >= 4 is 5.91 Å². The highest BCUT2D eigenvalue weighted by molar-refractivity contribution is 5.91. The molecule has 1 atom stereocenters. The van der Waals surface area contributed by atoms with E-state index in [9.17, 15) is 4.79 Å². The van der Waals surface area contributed by atoms with E-state index in [0.717, 1.165) is 13.0 Å². The van der Waals surface area contributed by atoms with E-state index in [2.05, 4.69) is 13.8 Å². The maximum atomic E-state index is 11.6. The van der Waals surface area contributed by atoms with Gasteiger partial charge in [-0.1, -0.05) is 6.92 Å². The summed E-state index contributed by atoms with van der Waals surface area (Å²) < 4.78 is 0. The molecule has 0 aromatic heterocycles. The Labute approximate surface area is 74.9 Å². The second-order valence-corrected chi connectivity index (χ2v) is 4.30. The Morgan fingerprint density at radius 1 is 1.25 bits per heavy atom. The molecule has 2 nitrogen and oxygen atoms in total. The standard InChI is InChI=1S/C10H19NO/c1-6-10(5)9(3,4)8(12)11(10)7-2/h6-7H2,1-5H3/t10-/m0/s1. The second-order valence-electron chi connectivity index (χ2n) is 4.30. The summed E-state index contributed by atoms with van der Waals surface area (Å²) in [6.07, 6.45) is 1.04. The first-order chi connectivity index (χ1) is 5.41. The predicted molar refractivity (Wildman–Crippen MR) is 49.9 cm³/mol. The number of carbonyl (C=O) groups is 1. The molecule has 2 heteroatoms. The Hall–Kier alpha value is -0.530. The van der Waals surface area contributed by atoms with Gasteiger partial charge in [-0.2, -0.15) is 0 Å². The van der Waals surface area contributed by atoms with Crippen molar-refractivity contribution in [2.24, 2.45) is 5.41 Å². The summed E-state index contributed by atoms with van der Waals surface area (Å²) in [6.45, 7) is 11.3. The van der Waals surface area contributed by atoms with Crippen molar-refractivity contribution in [2.45, 2.75) is 46.6 Å². The molecule has 0 radical (unpaired) electrons. The third kappa shape index (κ3) is 0.782. The van der Waals surface area contributed by atoms with Gasteiger partial charge in [0.25, 0.3) is 0 Å². The number of β-lactam (4-membered cyclic amide) rings is 1. The molecular formula is C10H19NO. The van der Waals surface area contributed by atoms with Crippen LogP contribution in [0.1, 0.15) is 41.0 Å². The molecule has 0 spiro atoms. The third-order valence-corrected chi connectivity index (χ3v) is 3.73. The monoisotopic (exact) mass is 169 g/mol. The molecule has 0 aromatic rings. The van der Waals surface area contributed by atoms with E-state index in [4.69, 9.17) is 0 Å². The molecule has 1 fully saturated rings. The van der Waals surface area contributed by atoms with E-state index >= 15 is 0 Å². The lowest BCUT2D eigenvalue weighted by atomic mass is 9.62. The number of rotatable bonds is 2. The molecular weight excluding hydrogens is 150 g/mol. The minimum Gasteiger partial charge on any atom is -0.336 e. The smallest absolute Gasteiger partial charge is 0.231 e. The van der Waals surface area contributed by atoms with Gasteiger partial charge in [0.2, 0.25) is 5.91 Å². The van der Waals surface area contributed by atoms with Crippen LogP contribution in [0.3, 0.4) is 0 Å². The van der Waals surface area contributed by atoms with Gasteiger partial charge in [0, 0.05) is 6.54 Å². The summed E-state index contributed by atoms with van der Waals surface area (Å²) in [5.74, 6) is 0.300. The lowest BCUT2D eigenvalue weighted by Gasteiger charge is -2.61. The van der Waals surface area contributed by atoms with Crippen molar-refractivity contribution in [1.29, 1.82) is 0 Å². The van der Waals surface area contributed by atoms with Gasteiger partial charge in [0.05, 0.1) is 11.0 Å². The highest BCUT2D eigenvalue weighted by atomic mass is 16.2. The number of nitrogens with zero attached hydrogens (tertiary/aromatic N) is 1. The largest absolute Gasteiger partial charge is 0.336 e. The Morgan fingerprint density at radius 2 is 1.75 bits per heavy atom. The van der Waals surface area contributed by atoms with Gasteiger partial charge >= 0.3 is 0 Å². The molecule has 0 saturated carbocycles. The van der Waals surface area contributed by atoms with Gasteiger partial charge in [-0.3, -0.25) is 4.79 Å². The van der Waals surface area contributed by atoms with E-state index in [1.165, 1.54) is 0 Å². The highest BCUT2D eigenvalue weighted by Gasteiger charge is 2.60. The second kappa shape index (κ2) is 2.48. The van der Waals surface area contributed by atoms with E-state index in [0.29, 0.717) is 5.91 Å². The SMILES string of the molecule is CCN1C(=O)C(C)(C)[C@]1(C)CC. The molecule has 70 valence electrons. The normalized spacial score (nSPS) is 33.4. The molecule has 12 heavy (non-hydrogen) atoms. The van der Waals surface area contributed by atoms with Gasteiger partial charge in [-0.15, -0.1) is 0 Å².